The van der Waals surface area contributed by atoms with Crippen LogP contribution in [0.15, 0.2) is 24.4 Å². The molecule has 2 unspecified atom stereocenters. The van der Waals surface area contributed by atoms with Crippen LogP contribution in [0.25, 0.3) is 10.9 Å². The first-order valence-electron chi connectivity index (χ1n) is 8.66. The van der Waals surface area contributed by atoms with Gasteiger partial charge in [0.1, 0.15) is 0 Å². The Morgan fingerprint density at radius 2 is 2.24 bits per heavy atom. The summed E-state index contributed by atoms with van der Waals surface area (Å²) in [6.45, 7) is 0.416. The summed E-state index contributed by atoms with van der Waals surface area (Å²) < 4.78 is 4.98. The molecule has 0 radical (unpaired) electrons. The number of halogens is 1. The fourth-order valence-electron chi connectivity index (χ4n) is 4.54. The van der Waals surface area contributed by atoms with E-state index in [0.29, 0.717) is 25.3 Å². The number of hydrogen-bond acceptors (Lipinski definition) is 3. The number of aromatic amines is 1. The molecule has 1 amide bonds. The summed E-state index contributed by atoms with van der Waals surface area (Å²) in [5.74, 6) is -0.0787. The quantitative estimate of drug-likeness (QED) is 0.676. The number of carbonyl (C=O) groups is 2. The Bertz CT molecular complexity index is 831. The summed E-state index contributed by atoms with van der Waals surface area (Å²) in [6, 6.07) is 6.30. The number of hydrogen-bond donors (Lipinski definition) is 1. The Labute approximate surface area is 151 Å². The summed E-state index contributed by atoms with van der Waals surface area (Å²) >= 11 is 5.80. The Kier molecular flexibility index (Phi) is 4.20. The van der Waals surface area contributed by atoms with Crippen LogP contribution in [0.2, 0.25) is 0 Å². The Hall–Kier alpha value is -2.01. The first kappa shape index (κ1) is 16.5. The van der Waals surface area contributed by atoms with Crippen LogP contribution in [0.1, 0.15) is 29.9 Å². The third-order valence-corrected chi connectivity index (χ3v) is 5.82. The van der Waals surface area contributed by atoms with Gasteiger partial charge in [0.25, 0.3) is 0 Å². The van der Waals surface area contributed by atoms with Gasteiger partial charge in [-0.2, -0.15) is 0 Å². The van der Waals surface area contributed by atoms with Crippen LogP contribution >= 0.6 is 11.6 Å². The topological polar surface area (TPSA) is 62.4 Å². The fourth-order valence-corrected chi connectivity index (χ4v) is 4.71. The average molecular weight is 361 g/mol. The molecule has 2 aliphatic rings. The van der Waals surface area contributed by atoms with Crippen molar-refractivity contribution in [2.45, 2.75) is 31.2 Å². The van der Waals surface area contributed by atoms with E-state index in [1.165, 1.54) is 23.6 Å². The maximum absolute atomic E-state index is 12.7. The highest BCUT2D eigenvalue weighted by Crippen LogP contribution is 2.45. The molecule has 1 N–H and O–H groups in total. The van der Waals surface area contributed by atoms with Gasteiger partial charge in [-0.25, -0.2) is 0 Å². The molecule has 1 saturated heterocycles. The molecule has 25 heavy (non-hydrogen) atoms. The predicted molar refractivity (Wildman–Crippen MR) is 95.7 cm³/mol. The zero-order chi connectivity index (χ0) is 17.6. The number of amides is 1. The van der Waals surface area contributed by atoms with E-state index in [1.54, 1.807) is 0 Å². The molecule has 1 aliphatic carbocycles. The molecule has 1 aliphatic heterocycles. The molecule has 3 atom stereocenters. The molecular weight excluding hydrogens is 340 g/mol. The number of rotatable bonds is 3. The number of esters is 1. The molecule has 1 fully saturated rings. The van der Waals surface area contributed by atoms with Crippen molar-refractivity contribution in [3.05, 3.63) is 35.5 Å². The third kappa shape index (κ3) is 2.61. The monoisotopic (exact) mass is 360 g/mol. The first-order valence-corrected chi connectivity index (χ1v) is 9.19. The molecule has 132 valence electrons. The summed E-state index contributed by atoms with van der Waals surface area (Å²) in [5, 5.41) is 1.25. The van der Waals surface area contributed by atoms with Crippen LogP contribution in [0.5, 0.6) is 0 Å². The van der Waals surface area contributed by atoms with Crippen LogP contribution in [0.4, 0.5) is 0 Å². The lowest BCUT2D eigenvalue weighted by Crippen LogP contribution is -2.54. The van der Waals surface area contributed by atoms with Gasteiger partial charge >= 0.3 is 5.97 Å². The minimum atomic E-state index is -0.290. The Morgan fingerprint density at radius 3 is 3.00 bits per heavy atom. The van der Waals surface area contributed by atoms with Crippen LogP contribution in [-0.4, -0.2) is 47.3 Å². The fraction of sp³-hybridized carbons (Fsp3) is 0.474. The summed E-state index contributed by atoms with van der Waals surface area (Å²) in [6.07, 6.45) is 3.86. The van der Waals surface area contributed by atoms with Gasteiger partial charge in [-0.05, 0) is 30.0 Å². The zero-order valence-electron chi connectivity index (χ0n) is 14.1. The SMILES string of the molecule is COC(=O)C1CC2c3cccc4[nH]cc(c34)C[C@H]2N(C(=O)CCCl)C1. The third-order valence-electron chi connectivity index (χ3n) is 5.63. The molecule has 6 heteroatoms. The van der Waals surface area contributed by atoms with Crippen molar-refractivity contribution in [2.24, 2.45) is 5.92 Å². The average Bonchev–Trinajstić information content (AvgIpc) is 3.05. The second-order valence-corrected chi connectivity index (χ2v) is 7.28. The van der Waals surface area contributed by atoms with Gasteiger partial charge in [0.15, 0.2) is 0 Å². The van der Waals surface area contributed by atoms with Gasteiger partial charge < -0.3 is 14.6 Å². The number of likely N-dealkylation sites (tertiary alicyclic amines) is 1. The predicted octanol–water partition coefficient (Wildman–Crippen LogP) is 2.83. The number of H-pyrrole nitrogens is 1. The van der Waals surface area contributed by atoms with Gasteiger partial charge in [-0.1, -0.05) is 12.1 Å². The van der Waals surface area contributed by atoms with E-state index in [1.807, 2.05) is 17.2 Å². The number of nitrogens with one attached hydrogen (secondary N) is 1. The molecule has 2 aromatic rings. The first-order chi connectivity index (χ1) is 12.1. The Morgan fingerprint density at radius 1 is 1.40 bits per heavy atom. The molecule has 2 heterocycles. The van der Waals surface area contributed by atoms with Gasteiger partial charge in [-0.15, -0.1) is 11.6 Å². The highest BCUT2D eigenvalue weighted by Gasteiger charge is 2.44. The molecule has 1 aromatic heterocycles. The number of nitrogens with zero attached hydrogens (tertiary/aromatic N) is 1. The summed E-state index contributed by atoms with van der Waals surface area (Å²) in [4.78, 5) is 30.1. The molecular formula is C19H21ClN2O3. The minimum absolute atomic E-state index is 0.0183. The number of alkyl halides is 1. The number of carbonyl (C=O) groups excluding carboxylic acids is 2. The summed E-state index contributed by atoms with van der Waals surface area (Å²) in [7, 11) is 1.41. The lowest BCUT2D eigenvalue weighted by atomic mass is 9.72. The van der Waals surface area contributed by atoms with E-state index in [0.717, 1.165) is 11.9 Å². The van der Waals surface area contributed by atoms with Crippen LogP contribution < -0.4 is 0 Å². The smallest absolute Gasteiger partial charge is 0.310 e. The number of ether oxygens (including phenoxy) is 1. The van der Waals surface area contributed by atoms with Crippen molar-refractivity contribution < 1.29 is 14.3 Å². The largest absolute Gasteiger partial charge is 0.469 e. The van der Waals surface area contributed by atoms with Gasteiger partial charge in [0, 0.05) is 47.9 Å². The van der Waals surface area contributed by atoms with Crippen molar-refractivity contribution in [3.8, 4) is 0 Å². The number of benzene rings is 1. The van der Waals surface area contributed by atoms with E-state index >= 15 is 0 Å². The van der Waals surface area contributed by atoms with E-state index < -0.39 is 0 Å². The summed E-state index contributed by atoms with van der Waals surface area (Å²) in [5.41, 5.74) is 3.58. The van der Waals surface area contributed by atoms with Gasteiger partial charge in [-0.3, -0.25) is 9.59 Å². The van der Waals surface area contributed by atoms with Crippen molar-refractivity contribution in [1.82, 2.24) is 9.88 Å². The second-order valence-electron chi connectivity index (χ2n) is 6.90. The number of piperidine rings is 1. The van der Waals surface area contributed by atoms with Gasteiger partial charge in [0.05, 0.1) is 13.0 Å². The number of fused-ring (bicyclic) bond motifs is 2. The molecule has 0 bridgehead atoms. The molecule has 4 rings (SSSR count). The number of aromatic nitrogens is 1. The maximum atomic E-state index is 12.7. The molecule has 0 spiro atoms. The minimum Gasteiger partial charge on any atom is -0.469 e. The Balaban J connectivity index is 1.78. The standard InChI is InChI=1S/C19H21ClN2O3/c1-25-19(24)12-7-14-13-3-2-4-15-18(13)11(9-21-15)8-16(14)22(10-12)17(23)5-6-20/h2-4,9,12,14,16,21H,5-8,10H2,1H3/t12?,14?,16-/m1/s1. The normalized spacial score (nSPS) is 24.9. The molecule has 5 nitrogen and oxygen atoms in total. The lowest BCUT2D eigenvalue weighted by molar-refractivity contribution is -0.151. The van der Waals surface area contributed by atoms with E-state index in [-0.39, 0.29) is 29.8 Å². The van der Waals surface area contributed by atoms with Crippen LogP contribution in [-0.2, 0) is 20.7 Å². The van der Waals surface area contributed by atoms with E-state index in [2.05, 4.69) is 17.1 Å². The maximum Gasteiger partial charge on any atom is 0.310 e. The molecule has 0 saturated carbocycles. The zero-order valence-corrected chi connectivity index (χ0v) is 14.9. The van der Waals surface area contributed by atoms with E-state index in [9.17, 15) is 9.59 Å². The highest BCUT2D eigenvalue weighted by atomic mass is 35.5. The highest BCUT2D eigenvalue weighted by molar-refractivity contribution is 6.18. The van der Waals surface area contributed by atoms with Crippen molar-refractivity contribution in [2.75, 3.05) is 19.5 Å². The van der Waals surface area contributed by atoms with Crippen LogP contribution in [0, 0.1) is 5.92 Å². The van der Waals surface area contributed by atoms with Crippen molar-refractivity contribution in [1.29, 1.82) is 0 Å². The number of methoxy groups -OCH3 is 1. The van der Waals surface area contributed by atoms with Crippen LogP contribution in [0.3, 0.4) is 0 Å². The lowest BCUT2D eigenvalue weighted by Gasteiger charge is -2.46. The second kappa shape index (κ2) is 6.37. The van der Waals surface area contributed by atoms with Gasteiger partial charge in [0.2, 0.25) is 5.91 Å². The van der Waals surface area contributed by atoms with Crippen molar-refractivity contribution in [3.63, 3.8) is 0 Å². The molecule has 1 aromatic carbocycles. The van der Waals surface area contributed by atoms with Crippen molar-refractivity contribution >= 4 is 34.4 Å². The van der Waals surface area contributed by atoms with E-state index in [4.69, 9.17) is 16.3 Å².